The molecule has 160 valence electrons. The maximum absolute atomic E-state index is 11.9. The monoisotopic (exact) mass is 419 g/mol. The summed E-state index contributed by atoms with van der Waals surface area (Å²) in [6.45, 7) is 1.46. The first-order chi connectivity index (χ1) is 15.1. The van der Waals surface area contributed by atoms with E-state index in [0.29, 0.717) is 23.2 Å². The molecule has 8 nitrogen and oxygen atoms in total. The van der Waals surface area contributed by atoms with E-state index >= 15 is 0 Å². The van der Waals surface area contributed by atoms with Crippen molar-refractivity contribution in [2.45, 2.75) is 19.3 Å². The fourth-order valence-electron chi connectivity index (χ4n) is 3.99. The van der Waals surface area contributed by atoms with E-state index in [0.717, 1.165) is 32.4 Å². The Morgan fingerprint density at radius 3 is 2.61 bits per heavy atom. The van der Waals surface area contributed by atoms with E-state index < -0.39 is 4.92 Å². The molecule has 1 fully saturated rings. The highest BCUT2D eigenvalue weighted by molar-refractivity contribution is 5.74. The molecule has 0 bridgehead atoms. The molecule has 1 aliphatic rings. The highest BCUT2D eigenvalue weighted by Gasteiger charge is 2.30. The van der Waals surface area contributed by atoms with E-state index in [1.54, 1.807) is 13.2 Å². The minimum Gasteiger partial charge on any atom is -0.497 e. The first-order valence-electron chi connectivity index (χ1n) is 10.3. The van der Waals surface area contributed by atoms with E-state index in [9.17, 15) is 10.1 Å². The minimum absolute atomic E-state index is 0.105. The third-order valence-electron chi connectivity index (χ3n) is 5.60. The predicted octanol–water partition coefficient (Wildman–Crippen LogP) is 4.60. The van der Waals surface area contributed by atoms with Crippen LogP contribution in [-0.2, 0) is 6.42 Å². The summed E-state index contributed by atoms with van der Waals surface area (Å²) in [5.41, 5.74) is 1.89. The molecule has 0 spiro atoms. The number of aromatic nitrogens is 2. The largest absolute Gasteiger partial charge is 0.497 e. The average molecular weight is 419 g/mol. The van der Waals surface area contributed by atoms with Crippen LogP contribution in [0.1, 0.15) is 18.4 Å². The number of benzene rings is 2. The zero-order valence-corrected chi connectivity index (χ0v) is 17.4. The van der Waals surface area contributed by atoms with Gasteiger partial charge in [0.05, 0.1) is 12.0 Å². The van der Waals surface area contributed by atoms with Crippen molar-refractivity contribution < 1.29 is 9.66 Å². The van der Waals surface area contributed by atoms with Gasteiger partial charge in [0, 0.05) is 24.8 Å². The topological polar surface area (TPSA) is 93.4 Å². The van der Waals surface area contributed by atoms with Gasteiger partial charge in [0.15, 0.2) is 0 Å². The fourth-order valence-corrected chi connectivity index (χ4v) is 3.99. The van der Waals surface area contributed by atoms with Crippen molar-refractivity contribution in [3.05, 3.63) is 76.6 Å². The Morgan fingerprint density at radius 2 is 1.90 bits per heavy atom. The summed E-state index contributed by atoms with van der Waals surface area (Å²) in [6.07, 6.45) is 4.34. The van der Waals surface area contributed by atoms with Gasteiger partial charge in [-0.25, -0.2) is 9.97 Å². The van der Waals surface area contributed by atoms with Gasteiger partial charge < -0.3 is 15.0 Å². The molecule has 0 amide bonds. The summed E-state index contributed by atoms with van der Waals surface area (Å²) < 4.78 is 5.23. The van der Waals surface area contributed by atoms with Crippen LogP contribution < -0.4 is 15.0 Å². The van der Waals surface area contributed by atoms with Gasteiger partial charge >= 0.3 is 5.69 Å². The van der Waals surface area contributed by atoms with Gasteiger partial charge in [-0.1, -0.05) is 36.4 Å². The van der Waals surface area contributed by atoms with E-state index in [-0.39, 0.29) is 11.5 Å². The highest BCUT2D eigenvalue weighted by Crippen LogP contribution is 2.36. The highest BCUT2D eigenvalue weighted by atomic mass is 16.6. The van der Waals surface area contributed by atoms with E-state index in [2.05, 4.69) is 39.6 Å². The number of nitrogens with one attached hydrogen (secondary N) is 1. The van der Waals surface area contributed by atoms with Crippen molar-refractivity contribution in [3.63, 3.8) is 0 Å². The van der Waals surface area contributed by atoms with Crippen LogP contribution in [0.2, 0.25) is 0 Å². The summed E-state index contributed by atoms with van der Waals surface area (Å²) in [7, 11) is 1.58. The maximum Gasteiger partial charge on any atom is 0.353 e. The number of nitrogens with zero attached hydrogens (tertiary/aromatic N) is 4. The Kier molecular flexibility index (Phi) is 6.26. The molecule has 2 aromatic carbocycles. The Hall–Kier alpha value is -3.68. The first-order valence-corrected chi connectivity index (χ1v) is 10.3. The molecule has 0 atom stereocenters. The summed E-state index contributed by atoms with van der Waals surface area (Å²) in [5, 5.41) is 15.0. The van der Waals surface area contributed by atoms with Crippen LogP contribution >= 0.6 is 0 Å². The smallest absolute Gasteiger partial charge is 0.353 e. The van der Waals surface area contributed by atoms with Gasteiger partial charge in [-0.3, -0.25) is 10.1 Å². The van der Waals surface area contributed by atoms with Crippen LogP contribution in [0.25, 0.3) is 0 Å². The molecule has 1 saturated heterocycles. The van der Waals surface area contributed by atoms with Gasteiger partial charge in [-0.15, -0.1) is 0 Å². The second kappa shape index (κ2) is 9.42. The van der Waals surface area contributed by atoms with Crippen molar-refractivity contribution in [3.8, 4) is 5.75 Å². The molecule has 1 aromatic heterocycles. The second-order valence-electron chi connectivity index (χ2n) is 7.63. The number of ether oxygens (including phenoxy) is 1. The summed E-state index contributed by atoms with van der Waals surface area (Å²) in [6, 6.07) is 17.6. The molecule has 0 aliphatic carbocycles. The lowest BCUT2D eigenvalue weighted by Crippen LogP contribution is -2.35. The van der Waals surface area contributed by atoms with Gasteiger partial charge in [0.2, 0.25) is 11.6 Å². The summed E-state index contributed by atoms with van der Waals surface area (Å²) in [4.78, 5) is 22.0. The zero-order chi connectivity index (χ0) is 21.6. The Balaban J connectivity index is 1.51. The van der Waals surface area contributed by atoms with Crippen molar-refractivity contribution >= 4 is 23.0 Å². The van der Waals surface area contributed by atoms with Crippen LogP contribution in [0.4, 0.5) is 23.0 Å². The molecule has 1 N–H and O–H groups in total. The Morgan fingerprint density at radius 1 is 1.13 bits per heavy atom. The van der Waals surface area contributed by atoms with Crippen LogP contribution in [0.3, 0.4) is 0 Å². The number of nitro groups is 1. The molecule has 8 heteroatoms. The SMILES string of the molecule is COc1cccc(Nc2ncnc(N3CCC(Cc4ccccc4)CC3)c2[N+](=O)[O-])c1. The van der Waals surface area contributed by atoms with Crippen molar-refractivity contribution in [2.24, 2.45) is 5.92 Å². The molecule has 0 radical (unpaired) electrons. The van der Waals surface area contributed by atoms with E-state index in [1.807, 2.05) is 29.2 Å². The number of methoxy groups -OCH3 is 1. The van der Waals surface area contributed by atoms with Gasteiger partial charge in [0.25, 0.3) is 0 Å². The molecular formula is C23H25N5O3. The summed E-state index contributed by atoms with van der Waals surface area (Å²) in [5.74, 6) is 1.76. The summed E-state index contributed by atoms with van der Waals surface area (Å²) >= 11 is 0. The number of hydrogen-bond donors (Lipinski definition) is 1. The Labute approximate surface area is 181 Å². The predicted molar refractivity (Wildman–Crippen MR) is 120 cm³/mol. The number of anilines is 3. The normalized spacial score (nSPS) is 14.3. The molecule has 4 rings (SSSR count). The number of piperidine rings is 1. The lowest BCUT2D eigenvalue weighted by Gasteiger charge is -2.32. The van der Waals surface area contributed by atoms with Crippen LogP contribution in [0, 0.1) is 16.0 Å². The lowest BCUT2D eigenvalue weighted by molar-refractivity contribution is -0.383. The molecule has 2 heterocycles. The van der Waals surface area contributed by atoms with Gasteiger partial charge in [-0.05, 0) is 42.9 Å². The molecule has 0 unspecified atom stereocenters. The average Bonchev–Trinajstić information content (AvgIpc) is 2.80. The maximum atomic E-state index is 11.9. The minimum atomic E-state index is -0.409. The third kappa shape index (κ3) is 4.91. The van der Waals surface area contributed by atoms with Crippen LogP contribution in [0.5, 0.6) is 5.75 Å². The Bertz CT molecular complexity index is 1040. The molecule has 3 aromatic rings. The van der Waals surface area contributed by atoms with Crippen molar-refractivity contribution in [2.75, 3.05) is 30.4 Å². The van der Waals surface area contributed by atoms with E-state index in [1.165, 1.54) is 11.9 Å². The molecule has 1 aliphatic heterocycles. The molecule has 31 heavy (non-hydrogen) atoms. The molecular weight excluding hydrogens is 394 g/mol. The quantitative estimate of drug-likeness (QED) is 0.442. The first kappa shape index (κ1) is 20.6. The fraction of sp³-hybridized carbons (Fsp3) is 0.304. The van der Waals surface area contributed by atoms with Gasteiger partial charge in [0.1, 0.15) is 12.1 Å². The van der Waals surface area contributed by atoms with Gasteiger partial charge in [-0.2, -0.15) is 0 Å². The van der Waals surface area contributed by atoms with Crippen LogP contribution in [0.15, 0.2) is 60.9 Å². The van der Waals surface area contributed by atoms with E-state index in [4.69, 9.17) is 4.74 Å². The zero-order valence-electron chi connectivity index (χ0n) is 17.4. The number of hydrogen-bond acceptors (Lipinski definition) is 7. The number of rotatable bonds is 7. The molecule has 0 saturated carbocycles. The lowest BCUT2D eigenvalue weighted by atomic mass is 9.90. The second-order valence-corrected chi connectivity index (χ2v) is 7.63. The van der Waals surface area contributed by atoms with Crippen molar-refractivity contribution in [1.29, 1.82) is 0 Å². The standard InChI is InChI=1S/C23H25N5O3/c1-31-20-9-5-8-19(15-20)26-22-21(28(29)30)23(25-16-24-22)27-12-10-18(11-13-27)14-17-6-3-2-4-7-17/h2-9,15-16,18H,10-14H2,1H3,(H,24,25,26). The van der Waals surface area contributed by atoms with Crippen LogP contribution in [-0.4, -0.2) is 35.1 Å². The van der Waals surface area contributed by atoms with Crippen molar-refractivity contribution in [1.82, 2.24) is 9.97 Å². The third-order valence-corrected chi connectivity index (χ3v) is 5.60.